The number of nitrogens with one attached hydrogen (secondary N) is 4. The van der Waals surface area contributed by atoms with Crippen molar-refractivity contribution in [3.8, 4) is 69.3 Å². The van der Waals surface area contributed by atoms with Crippen LogP contribution in [0.25, 0.3) is 115 Å². The number of aromatic nitrogens is 26. The van der Waals surface area contributed by atoms with Crippen LogP contribution in [0, 0.1) is 86.5 Å². The summed E-state index contributed by atoms with van der Waals surface area (Å²) in [5.74, 6) is 3.77. The topological polar surface area (TPSA) is 423 Å². The maximum Gasteiger partial charge on any atom is 0.252 e. The van der Waals surface area contributed by atoms with Gasteiger partial charge in [0, 0.05) is 148 Å². The van der Waals surface area contributed by atoms with Gasteiger partial charge in [-0.05, 0) is 164 Å². The fraction of sp³-hybridized carbons (Fsp3) is 0.267. The summed E-state index contributed by atoms with van der Waals surface area (Å²) in [5, 5.41) is 48.0. The molecule has 0 bridgehead atoms. The predicted octanol–water partition coefficient (Wildman–Crippen LogP) is 19.7. The van der Waals surface area contributed by atoms with E-state index >= 15 is 0 Å². The Balaban J connectivity index is 0.000000135. The summed E-state index contributed by atoms with van der Waals surface area (Å²) < 4.78 is 112. The van der Waals surface area contributed by atoms with Gasteiger partial charge in [0.1, 0.15) is 81.9 Å². The molecule has 20 aromatic rings. The van der Waals surface area contributed by atoms with Crippen molar-refractivity contribution < 1.29 is 85.3 Å². The first-order valence-electron chi connectivity index (χ1n) is 46.4. The van der Waals surface area contributed by atoms with Gasteiger partial charge in [0.2, 0.25) is 47.4 Å². The van der Waals surface area contributed by atoms with Gasteiger partial charge in [0.25, 0.3) is 11.8 Å². The van der Waals surface area contributed by atoms with Crippen LogP contribution in [0.5, 0.6) is 23.0 Å². The zero-order valence-corrected chi connectivity index (χ0v) is 87.6. The second kappa shape index (κ2) is 44.5. The monoisotopic (exact) mass is 2270 g/mol. The first kappa shape index (κ1) is 102. The summed E-state index contributed by atoms with van der Waals surface area (Å²) in [7, 11) is 10.2. The number of oxazole rings is 4. The van der Waals surface area contributed by atoms with E-state index in [9.17, 15) is 17.6 Å². The van der Waals surface area contributed by atoms with E-state index in [1.807, 2.05) is 107 Å². The van der Waals surface area contributed by atoms with E-state index in [0.29, 0.717) is 153 Å². The van der Waals surface area contributed by atoms with Gasteiger partial charge in [0.05, 0.1) is 76.3 Å². The van der Waals surface area contributed by atoms with Crippen LogP contribution in [0.3, 0.4) is 0 Å². The zero-order valence-electron chi connectivity index (χ0n) is 82.8. The van der Waals surface area contributed by atoms with Crippen LogP contribution in [0.1, 0.15) is 147 Å². The van der Waals surface area contributed by atoms with Gasteiger partial charge < -0.3 is 57.9 Å². The molecule has 744 valence electrons. The van der Waals surface area contributed by atoms with Crippen molar-refractivity contribution >= 4 is 117 Å². The zero-order chi connectivity index (χ0) is 103. The Bertz CT molecular complexity index is 8100. The third kappa shape index (κ3) is 22.4. The summed E-state index contributed by atoms with van der Waals surface area (Å²) in [6.07, 6.45) is 20.4. The van der Waals surface area contributed by atoms with E-state index < -0.39 is 11.8 Å². The molecule has 38 nitrogen and oxygen atoms in total. The fourth-order valence-corrected chi connectivity index (χ4v) is 16.9. The smallest absolute Gasteiger partial charge is 0.252 e. The third-order valence-corrected chi connectivity index (χ3v) is 24.7. The molecule has 2 aliphatic carbocycles. The van der Waals surface area contributed by atoms with Gasteiger partial charge in [-0.2, -0.15) is 18.1 Å². The Labute approximate surface area is 868 Å². The fourth-order valence-electron chi connectivity index (χ4n) is 16.6. The third-order valence-electron chi connectivity index (χ3n) is 24.3. The molecule has 14 heterocycles. The summed E-state index contributed by atoms with van der Waals surface area (Å²) in [6, 6.07) is 34.6. The van der Waals surface area contributed by atoms with E-state index in [-0.39, 0.29) is 68.9 Å². The standard InChI is InChI=1S/C30H27F2N9O3.C21H24N6O.C20H20N6O3.C20H20N6O.C10H8BrF2N3.BH.U/c1-17-26(28-33-10-11-44-28)36-29(34-16-19-6-7-21(42-2)13-24(19)43-3)41-27(17)35-25(38-41)9-5-18-4-8-23-22(12-18)37-39-40(23)20-14-30(31,32)15-20;1-5-6-17-24-19-15(4)18(20-22-9-10-28-20)25-21(27(19)26-17)23-12-16-8-7-13(2)11-14(16)3;1-5-16-23-18-12(2)17(19-21-8-9-29-19)24-20(26(18)25-16)22-11-13-6-7-14(27-3)10-15(13)28-4;1-5-16-23-18-14(4)17(19-21-8-9-27-19)24-20(26(18)25-16)22-11-15-7-6-12(2)10-13(15)3;11-6-1-2-9-8(3-6)14-15-16(9)7-4-10(12,13)5-7;;/h4-13,20H,14-16H2,1-3H3,(H,34,36);7-11H,5-6,12H2,1-4H3,(H,23,25);5-10H,1,11H2,2-4H3,(H,22,24);5-10H,1,11H2,2-4H3,(H,22,24);1-3,7H,4-5H2;1H;/b9-5+;;;;;;/i;;;;;1D;. The molecule has 2 radical (unpaired) electrons. The van der Waals surface area contributed by atoms with Crippen molar-refractivity contribution in [2.24, 2.45) is 0 Å². The second-order valence-electron chi connectivity index (χ2n) is 34.3. The molecule has 0 atom stereocenters. The molecule has 22 rings (SSSR count). The van der Waals surface area contributed by atoms with Crippen LogP contribution < -0.4 is 40.2 Å². The molecular weight excluding hydrogens is 2170 g/mol. The number of rotatable bonds is 28. The average Bonchev–Trinajstić information content (AvgIpc) is 1.68. The maximum absolute atomic E-state index is 13.4. The molecule has 0 amide bonds. The van der Waals surface area contributed by atoms with Crippen LogP contribution in [0.15, 0.2) is 194 Å². The van der Waals surface area contributed by atoms with Crippen molar-refractivity contribution in [3.05, 3.63) is 272 Å². The van der Waals surface area contributed by atoms with E-state index in [4.69, 9.17) is 68.0 Å². The molecule has 2 fully saturated rings. The van der Waals surface area contributed by atoms with Gasteiger partial charge in [-0.15, -0.1) is 30.6 Å². The molecule has 6 aromatic carbocycles. The summed E-state index contributed by atoms with van der Waals surface area (Å²) in [4.78, 5) is 54.5. The number of alkyl halides is 4. The van der Waals surface area contributed by atoms with Crippen LogP contribution in [-0.4, -0.2) is 178 Å². The number of anilines is 4. The van der Waals surface area contributed by atoms with E-state index in [0.717, 1.165) is 90.0 Å². The van der Waals surface area contributed by atoms with Crippen LogP contribution >= 0.6 is 15.9 Å². The van der Waals surface area contributed by atoms with E-state index in [1.54, 1.807) is 105 Å². The Morgan fingerprint density at radius 1 is 0.438 bits per heavy atom. The number of methoxy groups -OCH3 is 4. The van der Waals surface area contributed by atoms with Crippen LogP contribution in [-0.2, 0) is 32.6 Å². The number of aryl methyl sites for hydroxylation is 9. The first-order chi connectivity index (χ1) is 70.6. The Morgan fingerprint density at radius 3 is 1.16 bits per heavy atom. The molecule has 146 heavy (non-hydrogen) atoms. The molecule has 0 spiro atoms. The molecule has 2 aliphatic rings. The summed E-state index contributed by atoms with van der Waals surface area (Å²) >= 11 is 3.33. The van der Waals surface area contributed by atoms with Crippen molar-refractivity contribution in [1.29, 1.82) is 1.34 Å². The number of nitrogens with zero attached hydrogens (tertiary/aromatic N) is 26. The van der Waals surface area contributed by atoms with Gasteiger partial charge in [0.15, 0.2) is 45.9 Å². The number of hydrogen-bond donors (Lipinski definition) is 4. The van der Waals surface area contributed by atoms with Crippen molar-refractivity contribution in [3.63, 3.8) is 0 Å². The minimum Gasteiger partial charge on any atom is -0.497 e. The number of ether oxygens (including phenoxy) is 4. The molecule has 0 saturated heterocycles. The van der Waals surface area contributed by atoms with Crippen LogP contribution in [0.4, 0.5) is 41.4 Å². The van der Waals surface area contributed by atoms with Gasteiger partial charge in [-0.1, -0.05) is 106 Å². The quantitative estimate of drug-likeness (QED) is 0.0261. The Kier molecular flexibility index (Phi) is 31.0. The molecule has 14 aromatic heterocycles. The SMILES string of the molecule is C=Cc1nc2c(C)c(-c3ncco3)nc(NCc3ccc(C)cc3C)n2n1.C=Cc1nc2c(C)c(-c3ncco3)nc(NCc3ccc(OC)cc3OC)n2n1.CCCc1nc2c(C)c(-c3ncco3)nc(NCc3ccc(C)cc3C)n2n1.COc1ccc(CNc2nc(-c3ncco3)c(C)c3nc(/C=C/c4ccc5c(c4)nnn5C4CC(F)(F)C4)nn23)c(OC)c1.FC1(F)CC(n2nnc3cc(Br)ccc32)C1.[2H][B].[U]. The number of fused-ring (bicyclic) bond motifs is 6. The molecule has 0 aliphatic heterocycles. The van der Waals surface area contributed by atoms with Gasteiger partial charge >= 0.3 is 0 Å². The summed E-state index contributed by atoms with van der Waals surface area (Å²) in [6.45, 7) is 27.8. The molecule has 2 saturated carbocycles. The Hall–Kier alpha value is -15.9. The number of hydrogen-bond acceptors (Lipinski definition) is 32. The van der Waals surface area contributed by atoms with E-state index in [1.165, 1.54) is 52.2 Å². The molecular formula is C101H100BBrF4N30O8U. The minimum absolute atomic E-state index is 0. The molecule has 45 heteroatoms. The normalized spacial score (nSPS) is 13.1. The van der Waals surface area contributed by atoms with Gasteiger partial charge in [-0.3, -0.25) is 0 Å². The minimum atomic E-state index is -2.63. The predicted molar refractivity (Wildman–Crippen MR) is 544 cm³/mol. The van der Waals surface area contributed by atoms with E-state index in [2.05, 4.69) is 201 Å². The largest absolute Gasteiger partial charge is 0.497 e. The number of halogens is 5. The van der Waals surface area contributed by atoms with Crippen molar-refractivity contribution in [1.82, 2.24) is 128 Å². The van der Waals surface area contributed by atoms with Crippen molar-refractivity contribution in [2.45, 2.75) is 151 Å². The second-order valence-corrected chi connectivity index (χ2v) is 35.2. The maximum atomic E-state index is 13.4. The molecule has 0 unspecified atom stereocenters. The Morgan fingerprint density at radius 2 is 0.801 bits per heavy atom. The van der Waals surface area contributed by atoms with Gasteiger partial charge in [-0.25, -0.2) is 86.7 Å². The molecule has 4 N–H and O–H groups in total. The summed E-state index contributed by atoms with van der Waals surface area (Å²) in [5.41, 5.74) is 21.3. The average molecular weight is 2270 g/mol. The number of benzene rings is 6. The van der Waals surface area contributed by atoms with Crippen LogP contribution in [0.2, 0.25) is 0 Å². The first-order valence-corrected chi connectivity index (χ1v) is 46.6. The van der Waals surface area contributed by atoms with Crippen molar-refractivity contribution in [2.75, 3.05) is 49.7 Å².